The molecule has 0 saturated heterocycles. The first kappa shape index (κ1) is 15.9. The van der Waals surface area contributed by atoms with Gasteiger partial charge in [-0.05, 0) is 61.2 Å². The third-order valence-electron chi connectivity index (χ3n) is 3.40. The number of hydrogen-bond donors (Lipinski definition) is 1. The monoisotopic (exact) mass is 320 g/mol. The van der Waals surface area contributed by atoms with Crippen LogP contribution in [-0.2, 0) is 11.2 Å². The van der Waals surface area contributed by atoms with E-state index in [4.69, 9.17) is 11.6 Å². The van der Waals surface area contributed by atoms with Crippen LogP contribution in [0.3, 0.4) is 0 Å². The van der Waals surface area contributed by atoms with Crippen molar-refractivity contribution in [2.24, 2.45) is 0 Å². The van der Waals surface area contributed by atoms with Crippen molar-refractivity contribution >= 4 is 29.3 Å². The normalized spacial score (nSPS) is 12.1. The maximum absolute atomic E-state index is 11.6. The number of aliphatic carboxylic acids is 1. The lowest BCUT2D eigenvalue weighted by molar-refractivity contribution is -0.136. The van der Waals surface area contributed by atoms with Gasteiger partial charge in [0.05, 0.1) is 0 Å². The summed E-state index contributed by atoms with van der Waals surface area (Å²) in [7, 11) is 0. The fourth-order valence-corrected chi connectivity index (χ4v) is 3.31. The fourth-order valence-electron chi connectivity index (χ4n) is 2.21. The Morgan fingerprint density at radius 1 is 1.14 bits per heavy atom. The smallest absolute Gasteiger partial charge is 0.317 e. The zero-order valence-electron chi connectivity index (χ0n) is 12.0. The summed E-state index contributed by atoms with van der Waals surface area (Å²) < 4.78 is 0. The SMILES string of the molecule is Cc1cccc(C)c1C[C@@H](Sc1ccc(Cl)cc1)C(=O)O. The van der Waals surface area contributed by atoms with Gasteiger partial charge in [-0.3, -0.25) is 4.79 Å². The van der Waals surface area contributed by atoms with Gasteiger partial charge in [0.25, 0.3) is 0 Å². The molecule has 4 heteroatoms. The van der Waals surface area contributed by atoms with Crippen molar-refractivity contribution in [3.63, 3.8) is 0 Å². The average molecular weight is 321 g/mol. The van der Waals surface area contributed by atoms with Crippen LogP contribution in [0.25, 0.3) is 0 Å². The van der Waals surface area contributed by atoms with Crippen molar-refractivity contribution in [2.75, 3.05) is 0 Å². The molecule has 0 aliphatic heterocycles. The molecule has 0 aliphatic rings. The number of carboxylic acid groups (broad SMARTS) is 1. The zero-order chi connectivity index (χ0) is 15.4. The minimum Gasteiger partial charge on any atom is -0.480 e. The van der Waals surface area contributed by atoms with Crippen LogP contribution in [0.15, 0.2) is 47.4 Å². The molecule has 0 saturated carbocycles. The van der Waals surface area contributed by atoms with E-state index in [1.807, 2.05) is 44.2 Å². The van der Waals surface area contributed by atoms with E-state index in [0.29, 0.717) is 11.4 Å². The van der Waals surface area contributed by atoms with Gasteiger partial charge in [0.15, 0.2) is 0 Å². The van der Waals surface area contributed by atoms with Crippen LogP contribution in [-0.4, -0.2) is 16.3 Å². The Balaban J connectivity index is 2.20. The van der Waals surface area contributed by atoms with Gasteiger partial charge in [-0.25, -0.2) is 0 Å². The molecule has 0 unspecified atom stereocenters. The molecule has 1 atom stereocenters. The van der Waals surface area contributed by atoms with Crippen LogP contribution < -0.4 is 0 Å². The summed E-state index contributed by atoms with van der Waals surface area (Å²) in [6, 6.07) is 13.3. The van der Waals surface area contributed by atoms with Gasteiger partial charge < -0.3 is 5.11 Å². The molecule has 0 bridgehead atoms. The predicted octanol–water partition coefficient (Wildman–Crippen LogP) is 4.74. The number of thioether (sulfide) groups is 1. The quantitative estimate of drug-likeness (QED) is 0.808. The van der Waals surface area contributed by atoms with E-state index in [1.54, 1.807) is 12.1 Å². The van der Waals surface area contributed by atoms with Gasteiger partial charge in [-0.15, -0.1) is 11.8 Å². The third kappa shape index (κ3) is 4.26. The van der Waals surface area contributed by atoms with Gasteiger partial charge in [0.2, 0.25) is 0 Å². The van der Waals surface area contributed by atoms with Gasteiger partial charge in [-0.1, -0.05) is 29.8 Å². The maximum atomic E-state index is 11.6. The first-order chi connectivity index (χ1) is 9.97. The van der Waals surface area contributed by atoms with Crippen LogP contribution in [0, 0.1) is 13.8 Å². The molecule has 2 nitrogen and oxygen atoms in total. The number of benzene rings is 2. The van der Waals surface area contributed by atoms with E-state index in [2.05, 4.69) is 0 Å². The van der Waals surface area contributed by atoms with E-state index in [0.717, 1.165) is 21.6 Å². The maximum Gasteiger partial charge on any atom is 0.317 e. The van der Waals surface area contributed by atoms with Crippen molar-refractivity contribution < 1.29 is 9.90 Å². The summed E-state index contributed by atoms with van der Waals surface area (Å²) in [5.74, 6) is -0.794. The largest absolute Gasteiger partial charge is 0.480 e. The standard InChI is InChI=1S/C17H17ClO2S/c1-11-4-3-5-12(2)15(11)10-16(17(19)20)21-14-8-6-13(18)7-9-14/h3-9,16H,10H2,1-2H3,(H,19,20)/t16-/m1/s1. The van der Waals surface area contributed by atoms with Gasteiger partial charge in [0.1, 0.15) is 5.25 Å². The van der Waals surface area contributed by atoms with Crippen molar-refractivity contribution in [1.82, 2.24) is 0 Å². The molecular weight excluding hydrogens is 304 g/mol. The van der Waals surface area contributed by atoms with Gasteiger partial charge in [0, 0.05) is 9.92 Å². The Hall–Kier alpha value is -1.45. The summed E-state index contributed by atoms with van der Waals surface area (Å²) in [5, 5.41) is 9.63. The summed E-state index contributed by atoms with van der Waals surface area (Å²) in [5.41, 5.74) is 3.39. The van der Waals surface area contributed by atoms with Crippen molar-refractivity contribution in [3.05, 3.63) is 64.2 Å². The van der Waals surface area contributed by atoms with Crippen molar-refractivity contribution in [1.29, 1.82) is 0 Å². The van der Waals surface area contributed by atoms with E-state index in [1.165, 1.54) is 11.8 Å². The Morgan fingerprint density at radius 2 is 1.71 bits per heavy atom. The topological polar surface area (TPSA) is 37.3 Å². The second kappa shape index (κ2) is 7.01. The van der Waals surface area contributed by atoms with E-state index in [-0.39, 0.29) is 0 Å². The van der Waals surface area contributed by atoms with E-state index in [9.17, 15) is 9.90 Å². The van der Waals surface area contributed by atoms with Crippen LogP contribution in [0.1, 0.15) is 16.7 Å². The summed E-state index contributed by atoms with van der Waals surface area (Å²) in [4.78, 5) is 12.5. The molecule has 0 aromatic heterocycles. The second-order valence-electron chi connectivity index (χ2n) is 4.97. The molecule has 21 heavy (non-hydrogen) atoms. The Kier molecular flexibility index (Phi) is 5.32. The summed E-state index contributed by atoms with van der Waals surface area (Å²) in [6.45, 7) is 4.04. The van der Waals surface area contributed by atoms with Crippen molar-refractivity contribution in [2.45, 2.75) is 30.4 Å². The summed E-state index contributed by atoms with van der Waals surface area (Å²) in [6.07, 6.45) is 0.515. The van der Waals surface area contributed by atoms with Gasteiger partial charge in [-0.2, -0.15) is 0 Å². The van der Waals surface area contributed by atoms with Crippen LogP contribution in [0.2, 0.25) is 5.02 Å². The average Bonchev–Trinajstić information content (AvgIpc) is 2.43. The highest BCUT2D eigenvalue weighted by Crippen LogP contribution is 2.29. The van der Waals surface area contributed by atoms with E-state index >= 15 is 0 Å². The zero-order valence-corrected chi connectivity index (χ0v) is 13.5. The molecule has 0 radical (unpaired) electrons. The molecule has 1 N–H and O–H groups in total. The lowest BCUT2D eigenvalue weighted by Gasteiger charge is -2.16. The number of rotatable bonds is 5. The molecule has 0 amide bonds. The summed E-state index contributed by atoms with van der Waals surface area (Å²) >= 11 is 7.22. The number of carbonyl (C=O) groups is 1. The van der Waals surface area contributed by atoms with Crippen molar-refractivity contribution in [3.8, 4) is 0 Å². The van der Waals surface area contributed by atoms with Gasteiger partial charge >= 0.3 is 5.97 Å². The molecular formula is C17H17ClO2S. The number of halogens is 1. The molecule has 0 spiro atoms. The fraction of sp³-hybridized carbons (Fsp3) is 0.235. The molecule has 0 aliphatic carbocycles. The molecule has 2 aromatic carbocycles. The molecule has 2 aromatic rings. The minimum absolute atomic E-state index is 0.508. The number of carboxylic acids is 1. The highest BCUT2D eigenvalue weighted by atomic mass is 35.5. The highest BCUT2D eigenvalue weighted by Gasteiger charge is 2.21. The molecule has 2 rings (SSSR count). The first-order valence-corrected chi connectivity index (χ1v) is 7.93. The number of hydrogen-bond acceptors (Lipinski definition) is 2. The predicted molar refractivity (Wildman–Crippen MR) is 88.4 cm³/mol. The Labute approximate surface area is 134 Å². The lowest BCUT2D eigenvalue weighted by atomic mass is 9.98. The minimum atomic E-state index is -0.794. The molecule has 0 heterocycles. The van der Waals surface area contributed by atoms with Crippen LogP contribution in [0.4, 0.5) is 0 Å². The van der Waals surface area contributed by atoms with Crippen LogP contribution in [0.5, 0.6) is 0 Å². The van der Waals surface area contributed by atoms with E-state index < -0.39 is 11.2 Å². The molecule has 110 valence electrons. The number of aryl methyl sites for hydroxylation is 2. The third-order valence-corrected chi connectivity index (χ3v) is 4.85. The Bertz CT molecular complexity index is 617. The lowest BCUT2D eigenvalue weighted by Crippen LogP contribution is -2.20. The molecule has 0 fully saturated rings. The second-order valence-corrected chi connectivity index (χ2v) is 6.69. The first-order valence-electron chi connectivity index (χ1n) is 6.67. The highest BCUT2D eigenvalue weighted by molar-refractivity contribution is 8.00. The van der Waals surface area contributed by atoms with Crippen LogP contribution >= 0.6 is 23.4 Å². The Morgan fingerprint density at radius 3 is 2.24 bits per heavy atom.